The number of hydrogen-bond donors (Lipinski definition) is 1. The normalized spacial score (nSPS) is 20.9. The highest BCUT2D eigenvalue weighted by molar-refractivity contribution is 5.89. The van der Waals surface area contributed by atoms with E-state index in [1.165, 1.54) is 6.92 Å². The molecule has 1 radical (unpaired) electrons. The van der Waals surface area contributed by atoms with E-state index in [-0.39, 0.29) is 11.8 Å². The standard InChI is InChI=1S/C13H21N2O3/c1-9(2)7-11(8-16)14-13(18)12-5-4-6-15(12)10(3)17/h9,11-12H,4-7H2,1-3H3,(H,14,18)/t11-,12-/m0/s1. The van der Waals surface area contributed by atoms with E-state index < -0.39 is 12.1 Å². The Morgan fingerprint density at radius 2 is 2.11 bits per heavy atom. The minimum atomic E-state index is -0.577. The van der Waals surface area contributed by atoms with Crippen molar-refractivity contribution >= 4 is 18.1 Å². The first-order valence-corrected chi connectivity index (χ1v) is 6.41. The van der Waals surface area contributed by atoms with Gasteiger partial charge in [0.25, 0.3) is 0 Å². The molecule has 1 aliphatic rings. The lowest BCUT2D eigenvalue weighted by molar-refractivity contribution is -0.137. The zero-order valence-corrected chi connectivity index (χ0v) is 11.2. The number of likely N-dealkylation sites (tertiary alicyclic amines) is 1. The highest BCUT2D eigenvalue weighted by Gasteiger charge is 2.33. The second-order valence-corrected chi connectivity index (χ2v) is 5.18. The van der Waals surface area contributed by atoms with Gasteiger partial charge in [-0.1, -0.05) is 13.8 Å². The maximum Gasteiger partial charge on any atom is 0.243 e. The lowest BCUT2D eigenvalue weighted by Crippen LogP contribution is -2.49. The van der Waals surface area contributed by atoms with E-state index in [0.29, 0.717) is 25.3 Å². The monoisotopic (exact) mass is 253 g/mol. The van der Waals surface area contributed by atoms with E-state index >= 15 is 0 Å². The van der Waals surface area contributed by atoms with Gasteiger partial charge in [0.2, 0.25) is 18.1 Å². The van der Waals surface area contributed by atoms with Crippen molar-refractivity contribution in [1.82, 2.24) is 10.2 Å². The van der Waals surface area contributed by atoms with Gasteiger partial charge in [-0.15, -0.1) is 0 Å². The van der Waals surface area contributed by atoms with Crippen molar-refractivity contribution in [3.63, 3.8) is 0 Å². The molecule has 1 rings (SSSR count). The predicted molar refractivity (Wildman–Crippen MR) is 67.5 cm³/mol. The summed E-state index contributed by atoms with van der Waals surface area (Å²) >= 11 is 0. The van der Waals surface area contributed by atoms with Crippen molar-refractivity contribution in [1.29, 1.82) is 0 Å². The molecule has 1 saturated heterocycles. The van der Waals surface area contributed by atoms with Crippen LogP contribution in [-0.4, -0.2) is 41.6 Å². The molecule has 1 heterocycles. The Kier molecular flexibility index (Phi) is 5.31. The van der Waals surface area contributed by atoms with E-state index in [4.69, 9.17) is 0 Å². The molecule has 0 aliphatic carbocycles. The van der Waals surface area contributed by atoms with E-state index in [2.05, 4.69) is 5.32 Å². The molecule has 2 amide bonds. The molecular formula is C13H21N2O3. The molecule has 1 fully saturated rings. The van der Waals surface area contributed by atoms with Gasteiger partial charge in [0.15, 0.2) is 0 Å². The van der Waals surface area contributed by atoms with Crippen LogP contribution in [-0.2, 0) is 14.4 Å². The van der Waals surface area contributed by atoms with Crippen molar-refractivity contribution in [2.75, 3.05) is 6.54 Å². The Labute approximate surface area is 108 Å². The number of hydrogen-bond acceptors (Lipinski definition) is 3. The van der Waals surface area contributed by atoms with Gasteiger partial charge in [-0.05, 0) is 25.2 Å². The Bertz CT molecular complexity index is 328. The summed E-state index contributed by atoms with van der Waals surface area (Å²) in [5.41, 5.74) is 0. The van der Waals surface area contributed by atoms with Gasteiger partial charge in [0.1, 0.15) is 6.04 Å². The molecule has 1 N–H and O–H groups in total. The number of amides is 2. The van der Waals surface area contributed by atoms with Gasteiger partial charge in [-0.25, -0.2) is 0 Å². The summed E-state index contributed by atoms with van der Waals surface area (Å²) in [4.78, 5) is 35.7. The molecular weight excluding hydrogens is 232 g/mol. The smallest absolute Gasteiger partial charge is 0.243 e. The summed E-state index contributed by atoms with van der Waals surface area (Å²) in [6.45, 7) is 6.04. The molecule has 0 aromatic carbocycles. The van der Waals surface area contributed by atoms with Gasteiger partial charge in [0, 0.05) is 13.5 Å². The van der Waals surface area contributed by atoms with Gasteiger partial charge >= 0.3 is 0 Å². The molecule has 18 heavy (non-hydrogen) atoms. The topological polar surface area (TPSA) is 66.5 Å². The molecule has 0 aromatic rings. The van der Waals surface area contributed by atoms with Crippen LogP contribution in [0.2, 0.25) is 0 Å². The Balaban J connectivity index is 2.58. The number of carbonyl (C=O) groups excluding carboxylic acids is 3. The van der Waals surface area contributed by atoms with Crippen molar-refractivity contribution in [3.8, 4) is 0 Å². The van der Waals surface area contributed by atoms with Gasteiger partial charge in [-0.3, -0.25) is 14.4 Å². The fourth-order valence-electron chi connectivity index (χ4n) is 2.29. The van der Waals surface area contributed by atoms with Crippen LogP contribution in [0, 0.1) is 5.92 Å². The third-order valence-corrected chi connectivity index (χ3v) is 3.13. The van der Waals surface area contributed by atoms with Crippen molar-refractivity contribution < 1.29 is 14.4 Å². The average molecular weight is 253 g/mol. The minimum Gasteiger partial charge on any atom is -0.344 e. The molecule has 5 heteroatoms. The molecule has 101 valence electrons. The zero-order chi connectivity index (χ0) is 13.7. The second kappa shape index (κ2) is 6.52. The van der Waals surface area contributed by atoms with Crippen LogP contribution in [0.3, 0.4) is 0 Å². The molecule has 2 atom stereocenters. The Morgan fingerprint density at radius 1 is 1.44 bits per heavy atom. The molecule has 5 nitrogen and oxygen atoms in total. The van der Waals surface area contributed by atoms with Crippen LogP contribution in [0.1, 0.15) is 40.0 Å². The van der Waals surface area contributed by atoms with Gasteiger partial charge in [0.05, 0.1) is 6.04 Å². The summed E-state index contributed by atoms with van der Waals surface area (Å²) in [5, 5.41) is 2.67. The SMILES string of the molecule is CC(=O)N1CCC[C@H]1C(=O)N[C@H]([C]=O)CC(C)C. The van der Waals surface area contributed by atoms with E-state index in [1.807, 2.05) is 20.1 Å². The van der Waals surface area contributed by atoms with Gasteiger partial charge < -0.3 is 10.2 Å². The highest BCUT2D eigenvalue weighted by atomic mass is 16.2. The van der Waals surface area contributed by atoms with Crippen LogP contribution in [0.15, 0.2) is 0 Å². The number of nitrogens with zero attached hydrogens (tertiary/aromatic N) is 1. The molecule has 0 bridgehead atoms. The van der Waals surface area contributed by atoms with E-state index in [9.17, 15) is 14.4 Å². The van der Waals surface area contributed by atoms with Crippen molar-refractivity contribution in [2.24, 2.45) is 5.92 Å². The first-order chi connectivity index (χ1) is 8.45. The van der Waals surface area contributed by atoms with Crippen LogP contribution in [0.5, 0.6) is 0 Å². The average Bonchev–Trinajstić information content (AvgIpc) is 2.76. The zero-order valence-electron chi connectivity index (χ0n) is 11.2. The van der Waals surface area contributed by atoms with Crippen LogP contribution < -0.4 is 5.32 Å². The Morgan fingerprint density at radius 3 is 2.61 bits per heavy atom. The predicted octanol–water partition coefficient (Wildman–Crippen LogP) is 0.638. The summed E-state index contributed by atoms with van der Waals surface area (Å²) in [6.07, 6.45) is 3.91. The van der Waals surface area contributed by atoms with Crippen LogP contribution >= 0.6 is 0 Å². The molecule has 0 spiro atoms. The van der Waals surface area contributed by atoms with E-state index in [1.54, 1.807) is 4.90 Å². The third kappa shape index (κ3) is 3.82. The first-order valence-electron chi connectivity index (χ1n) is 6.41. The maximum absolute atomic E-state index is 12.0. The lowest BCUT2D eigenvalue weighted by Gasteiger charge is -2.24. The molecule has 0 unspecified atom stereocenters. The van der Waals surface area contributed by atoms with Crippen molar-refractivity contribution in [2.45, 2.75) is 52.1 Å². The molecule has 0 saturated carbocycles. The van der Waals surface area contributed by atoms with Crippen LogP contribution in [0.25, 0.3) is 0 Å². The summed E-state index contributed by atoms with van der Waals surface area (Å²) in [6, 6.07) is -1.00. The summed E-state index contributed by atoms with van der Waals surface area (Å²) in [7, 11) is 0. The summed E-state index contributed by atoms with van der Waals surface area (Å²) < 4.78 is 0. The van der Waals surface area contributed by atoms with Gasteiger partial charge in [-0.2, -0.15) is 0 Å². The lowest BCUT2D eigenvalue weighted by atomic mass is 10.0. The number of carbonyl (C=O) groups is 2. The van der Waals surface area contributed by atoms with E-state index in [0.717, 1.165) is 6.42 Å². The largest absolute Gasteiger partial charge is 0.344 e. The molecule has 1 aliphatic heterocycles. The Hall–Kier alpha value is -1.39. The van der Waals surface area contributed by atoms with Crippen LogP contribution in [0.4, 0.5) is 0 Å². The maximum atomic E-state index is 12.0. The first kappa shape index (κ1) is 14.7. The highest BCUT2D eigenvalue weighted by Crippen LogP contribution is 2.17. The number of nitrogens with one attached hydrogen (secondary N) is 1. The fraction of sp³-hybridized carbons (Fsp3) is 0.769. The molecule has 0 aromatic heterocycles. The summed E-state index contributed by atoms with van der Waals surface area (Å²) in [5.74, 6) is -0.0240. The third-order valence-electron chi connectivity index (χ3n) is 3.13. The second-order valence-electron chi connectivity index (χ2n) is 5.18. The number of rotatable bonds is 5. The minimum absolute atomic E-state index is 0.0943. The quantitative estimate of drug-likeness (QED) is 0.782. The van der Waals surface area contributed by atoms with Crippen molar-refractivity contribution in [3.05, 3.63) is 0 Å². The fourth-order valence-corrected chi connectivity index (χ4v) is 2.29.